The quantitative estimate of drug-likeness (QED) is 0.529. The average Bonchev–Trinajstić information content (AvgIpc) is 3.37. The number of nitrogens with zero attached hydrogens (tertiary/aromatic N) is 3. The number of amides is 1. The first-order valence-corrected chi connectivity index (χ1v) is 10.6. The number of nitrogens with one attached hydrogen (secondary N) is 2. The number of anilines is 2. The van der Waals surface area contributed by atoms with Gasteiger partial charge in [-0.1, -0.05) is 0 Å². The van der Waals surface area contributed by atoms with Crippen molar-refractivity contribution in [3.8, 4) is 10.6 Å². The van der Waals surface area contributed by atoms with E-state index in [1.54, 1.807) is 19.2 Å². The molecule has 1 aliphatic heterocycles. The third-order valence-corrected chi connectivity index (χ3v) is 6.52. The van der Waals surface area contributed by atoms with Crippen LogP contribution in [0.15, 0.2) is 36.7 Å². The number of hydrogen-bond acceptors (Lipinski definition) is 7. The number of halogens is 3. The summed E-state index contributed by atoms with van der Waals surface area (Å²) in [7, 11) is 0. The standard InChI is InChI=1S/C21H20F3N5O2S/c1-11-5-14(15-10-27-19(32-15)20(2,31)13-8-18(30)26-9-13)28-17(6-11)29-16-7-12(3-4-25-16)21(22,23)24/h3-7,10,13,31H,8-9H2,1-2H3,(H,26,30)(H,25,28,29)/t13-,20-/m1/s1. The van der Waals surface area contributed by atoms with Gasteiger partial charge in [-0.3, -0.25) is 4.79 Å². The van der Waals surface area contributed by atoms with Crippen molar-refractivity contribution < 1.29 is 23.1 Å². The molecule has 4 rings (SSSR count). The topological polar surface area (TPSA) is 100 Å². The smallest absolute Gasteiger partial charge is 0.383 e. The van der Waals surface area contributed by atoms with E-state index in [9.17, 15) is 23.1 Å². The molecule has 32 heavy (non-hydrogen) atoms. The minimum atomic E-state index is -4.47. The van der Waals surface area contributed by atoms with Crippen LogP contribution in [0.4, 0.5) is 24.8 Å². The minimum Gasteiger partial charge on any atom is -0.383 e. The maximum atomic E-state index is 13.0. The highest BCUT2D eigenvalue weighted by molar-refractivity contribution is 7.15. The van der Waals surface area contributed by atoms with E-state index in [0.29, 0.717) is 27.9 Å². The van der Waals surface area contributed by atoms with Crippen molar-refractivity contribution in [2.24, 2.45) is 5.92 Å². The van der Waals surface area contributed by atoms with E-state index in [1.807, 2.05) is 13.0 Å². The Hall–Kier alpha value is -3.05. The van der Waals surface area contributed by atoms with Crippen molar-refractivity contribution in [1.29, 1.82) is 0 Å². The number of aliphatic hydroxyl groups is 1. The lowest BCUT2D eigenvalue weighted by Gasteiger charge is -2.26. The zero-order valence-corrected chi connectivity index (χ0v) is 18.0. The fourth-order valence-electron chi connectivity index (χ4n) is 3.47. The number of rotatable bonds is 5. The Morgan fingerprint density at radius 1 is 1.22 bits per heavy atom. The Kier molecular flexibility index (Phi) is 5.63. The molecule has 3 aromatic rings. The molecule has 11 heteroatoms. The number of aryl methyl sites for hydroxylation is 1. The second kappa shape index (κ2) is 8.14. The van der Waals surface area contributed by atoms with Gasteiger partial charge in [0.2, 0.25) is 5.91 Å². The lowest BCUT2D eigenvalue weighted by atomic mass is 9.89. The molecule has 0 spiro atoms. The van der Waals surface area contributed by atoms with Gasteiger partial charge >= 0.3 is 6.18 Å². The van der Waals surface area contributed by atoms with Gasteiger partial charge in [-0.2, -0.15) is 13.2 Å². The monoisotopic (exact) mass is 463 g/mol. The number of carbonyl (C=O) groups is 1. The largest absolute Gasteiger partial charge is 0.416 e. The first-order chi connectivity index (χ1) is 15.0. The lowest BCUT2D eigenvalue weighted by molar-refractivity contribution is -0.137. The molecule has 0 bridgehead atoms. The summed E-state index contributed by atoms with van der Waals surface area (Å²) in [5.41, 5.74) is -0.705. The number of hydrogen-bond donors (Lipinski definition) is 3. The molecule has 1 aliphatic rings. The average molecular weight is 463 g/mol. The molecule has 3 N–H and O–H groups in total. The Morgan fingerprint density at radius 2 is 2.00 bits per heavy atom. The van der Waals surface area contributed by atoms with Crippen molar-refractivity contribution in [2.45, 2.75) is 32.0 Å². The van der Waals surface area contributed by atoms with Crippen LogP contribution in [-0.2, 0) is 16.6 Å². The molecule has 7 nitrogen and oxygen atoms in total. The first kappa shape index (κ1) is 22.2. The van der Waals surface area contributed by atoms with Crippen molar-refractivity contribution >= 4 is 28.9 Å². The normalized spacial score (nSPS) is 18.3. The van der Waals surface area contributed by atoms with E-state index in [4.69, 9.17) is 0 Å². The van der Waals surface area contributed by atoms with Crippen LogP contribution >= 0.6 is 11.3 Å². The van der Waals surface area contributed by atoms with Gasteiger partial charge in [0.15, 0.2) is 0 Å². The summed E-state index contributed by atoms with van der Waals surface area (Å²) in [6, 6.07) is 5.33. The number of alkyl halides is 3. The summed E-state index contributed by atoms with van der Waals surface area (Å²) in [4.78, 5) is 25.0. The molecule has 0 radical (unpaired) electrons. The van der Waals surface area contributed by atoms with Crippen molar-refractivity contribution in [1.82, 2.24) is 20.3 Å². The highest BCUT2D eigenvalue weighted by Gasteiger charge is 2.41. The number of carbonyl (C=O) groups excluding carboxylic acids is 1. The maximum absolute atomic E-state index is 13.0. The molecule has 1 saturated heterocycles. The Morgan fingerprint density at radius 3 is 2.69 bits per heavy atom. The molecule has 2 atom stereocenters. The summed E-state index contributed by atoms with van der Waals surface area (Å²) in [6.07, 6.45) is -1.57. The molecule has 1 amide bonds. The van der Waals surface area contributed by atoms with Crippen LogP contribution in [0.25, 0.3) is 10.6 Å². The third kappa shape index (κ3) is 4.58. The highest BCUT2D eigenvalue weighted by Crippen LogP contribution is 2.38. The van der Waals surface area contributed by atoms with E-state index in [2.05, 4.69) is 25.6 Å². The van der Waals surface area contributed by atoms with Gasteiger partial charge in [-0.25, -0.2) is 15.0 Å². The van der Waals surface area contributed by atoms with E-state index >= 15 is 0 Å². The maximum Gasteiger partial charge on any atom is 0.416 e. The van der Waals surface area contributed by atoms with E-state index in [0.717, 1.165) is 23.9 Å². The van der Waals surface area contributed by atoms with Crippen LogP contribution < -0.4 is 10.6 Å². The summed E-state index contributed by atoms with van der Waals surface area (Å²) in [5.74, 6) is -0.0377. The Bertz CT molecular complexity index is 1160. The number of thiazole rings is 1. The van der Waals surface area contributed by atoms with Gasteiger partial charge in [0.1, 0.15) is 22.2 Å². The van der Waals surface area contributed by atoms with Crippen LogP contribution in [0.3, 0.4) is 0 Å². The second-order valence-electron chi connectivity index (χ2n) is 7.85. The van der Waals surface area contributed by atoms with Crippen LogP contribution in [-0.4, -0.2) is 32.5 Å². The molecule has 3 aromatic heterocycles. The second-order valence-corrected chi connectivity index (χ2v) is 8.88. The van der Waals surface area contributed by atoms with Gasteiger partial charge in [-0.15, -0.1) is 11.3 Å². The molecule has 168 valence electrons. The predicted octanol–water partition coefficient (Wildman–Crippen LogP) is 4.01. The lowest BCUT2D eigenvalue weighted by Crippen LogP contribution is -2.33. The predicted molar refractivity (Wildman–Crippen MR) is 113 cm³/mol. The fourth-order valence-corrected chi connectivity index (χ4v) is 4.47. The van der Waals surface area contributed by atoms with Crippen LogP contribution in [0.2, 0.25) is 0 Å². The van der Waals surface area contributed by atoms with Crippen molar-refractivity contribution in [2.75, 3.05) is 11.9 Å². The molecule has 4 heterocycles. The fraction of sp³-hybridized carbons (Fsp3) is 0.333. The van der Waals surface area contributed by atoms with Crippen molar-refractivity contribution in [3.05, 3.63) is 52.8 Å². The van der Waals surface area contributed by atoms with Crippen LogP contribution in [0, 0.1) is 12.8 Å². The molecule has 0 saturated carbocycles. The number of aromatic nitrogens is 3. The SMILES string of the molecule is Cc1cc(Nc2cc(C(F)(F)F)ccn2)nc(-c2cnc([C@](C)(O)[C@H]3CNC(=O)C3)s2)c1. The highest BCUT2D eigenvalue weighted by atomic mass is 32.1. The summed E-state index contributed by atoms with van der Waals surface area (Å²) in [5, 5.41) is 17.0. The zero-order chi connectivity index (χ0) is 23.1. The Labute approximate surface area is 185 Å². The summed E-state index contributed by atoms with van der Waals surface area (Å²) < 4.78 is 38.9. The molecular weight excluding hydrogens is 443 g/mol. The van der Waals surface area contributed by atoms with Crippen molar-refractivity contribution in [3.63, 3.8) is 0 Å². The summed E-state index contributed by atoms with van der Waals surface area (Å²) in [6.45, 7) is 3.85. The van der Waals surface area contributed by atoms with Gasteiger partial charge in [-0.05, 0) is 43.7 Å². The molecule has 0 unspecified atom stereocenters. The molecule has 0 aromatic carbocycles. The minimum absolute atomic E-state index is 0.0233. The van der Waals surface area contributed by atoms with E-state index in [1.165, 1.54) is 11.3 Å². The van der Waals surface area contributed by atoms with Crippen LogP contribution in [0.5, 0.6) is 0 Å². The zero-order valence-electron chi connectivity index (χ0n) is 17.2. The summed E-state index contributed by atoms with van der Waals surface area (Å²) >= 11 is 1.26. The molecule has 1 fully saturated rings. The van der Waals surface area contributed by atoms with Crippen LogP contribution in [0.1, 0.15) is 29.5 Å². The first-order valence-electron chi connectivity index (χ1n) is 9.77. The van der Waals surface area contributed by atoms with Gasteiger partial charge in [0.25, 0.3) is 0 Å². The number of pyridine rings is 2. The van der Waals surface area contributed by atoms with Gasteiger partial charge in [0, 0.05) is 31.3 Å². The van der Waals surface area contributed by atoms with E-state index < -0.39 is 17.3 Å². The van der Waals surface area contributed by atoms with E-state index in [-0.39, 0.29) is 24.1 Å². The molecule has 0 aliphatic carbocycles. The van der Waals surface area contributed by atoms with Gasteiger partial charge in [0.05, 0.1) is 16.1 Å². The third-order valence-electron chi connectivity index (χ3n) is 5.28. The van der Waals surface area contributed by atoms with Gasteiger partial charge < -0.3 is 15.7 Å². The molecular formula is C21H20F3N5O2S. The Balaban J connectivity index is 1.59.